The zero-order chi connectivity index (χ0) is 18.4. The van der Waals surface area contributed by atoms with Gasteiger partial charge in [-0.2, -0.15) is 9.48 Å². The molecule has 3 nitrogen and oxygen atoms in total. The van der Waals surface area contributed by atoms with Crippen molar-refractivity contribution in [2.45, 2.75) is 6.92 Å². The quantitative estimate of drug-likeness (QED) is 0.515. The van der Waals surface area contributed by atoms with Crippen LogP contribution in [0, 0.1) is 17.5 Å². The molecule has 1 aliphatic rings. The van der Waals surface area contributed by atoms with Gasteiger partial charge in [0.2, 0.25) is 5.69 Å². The number of hydrogen-bond donors (Lipinski definition) is 1. The number of quaternary nitrogens is 1. The highest BCUT2D eigenvalue weighted by molar-refractivity contribution is 9.10. The van der Waals surface area contributed by atoms with Crippen LogP contribution in [-0.2, 0) is 0 Å². The summed E-state index contributed by atoms with van der Waals surface area (Å²) in [5.41, 5.74) is 0.289. The number of benzene rings is 2. The molecule has 0 saturated carbocycles. The van der Waals surface area contributed by atoms with Crippen molar-refractivity contribution in [3.05, 3.63) is 69.7 Å². The Labute approximate surface area is 155 Å². The van der Waals surface area contributed by atoms with Gasteiger partial charge in [-0.05, 0) is 41.1 Å². The van der Waals surface area contributed by atoms with Gasteiger partial charge in [0.05, 0.1) is 4.47 Å². The molecule has 0 spiro atoms. The van der Waals surface area contributed by atoms with Crippen LogP contribution in [0.2, 0.25) is 0 Å². The summed E-state index contributed by atoms with van der Waals surface area (Å²) in [6.07, 6.45) is 0. The molecule has 25 heavy (non-hydrogen) atoms. The molecule has 1 unspecified atom stereocenters. The summed E-state index contributed by atoms with van der Waals surface area (Å²) in [5.74, 6) is -2.42. The lowest BCUT2D eigenvalue weighted by Gasteiger charge is -2.34. The van der Waals surface area contributed by atoms with Crippen molar-refractivity contribution < 1.29 is 18.3 Å². The molecule has 0 aliphatic carbocycles. The van der Waals surface area contributed by atoms with Crippen LogP contribution in [-0.4, -0.2) is 17.0 Å². The third-order valence-corrected chi connectivity index (χ3v) is 5.03. The maximum absolute atomic E-state index is 14.8. The Balaban J connectivity index is 2.49. The van der Waals surface area contributed by atoms with E-state index in [0.29, 0.717) is 16.2 Å². The van der Waals surface area contributed by atoms with Crippen LogP contribution in [0.3, 0.4) is 0 Å². The number of halogens is 5. The van der Waals surface area contributed by atoms with E-state index in [-0.39, 0.29) is 22.4 Å². The van der Waals surface area contributed by atoms with E-state index in [1.807, 2.05) is 0 Å². The first-order valence-electron chi connectivity index (χ1n) is 7.19. The van der Waals surface area contributed by atoms with E-state index in [9.17, 15) is 18.3 Å². The fourth-order valence-electron chi connectivity index (χ4n) is 3.01. The second kappa shape index (κ2) is 6.57. The summed E-state index contributed by atoms with van der Waals surface area (Å²) in [5, 5.41) is 9.72. The molecule has 0 fully saturated rings. The molecule has 3 rings (SSSR count). The molecule has 130 valence electrons. The van der Waals surface area contributed by atoms with E-state index >= 15 is 0 Å². The molecular formula is C17H12BrClF3N2O+. The SMILES string of the molecule is CC1=C(CO)[N+](c2ccc(F)cc2F)(c2c(F)cccc2Br)C(Cl)=N1. The Morgan fingerprint density at radius 3 is 2.48 bits per heavy atom. The Kier molecular flexibility index (Phi) is 4.76. The van der Waals surface area contributed by atoms with E-state index in [4.69, 9.17) is 11.6 Å². The molecular weight excluding hydrogens is 421 g/mol. The van der Waals surface area contributed by atoms with Gasteiger partial charge in [-0.15, -0.1) is 0 Å². The standard InChI is InChI=1S/C17H12BrClF3N2O/c1-9-15(8-25)24(17(19)23-9,14-6-5-10(20)7-13(14)22)16-11(18)3-2-4-12(16)21/h2-7,25H,8H2,1H3/q+1. The summed E-state index contributed by atoms with van der Waals surface area (Å²) in [4.78, 5) is 4.12. The van der Waals surface area contributed by atoms with E-state index in [0.717, 1.165) is 12.1 Å². The van der Waals surface area contributed by atoms with Crippen LogP contribution in [0.4, 0.5) is 24.5 Å². The normalized spacial score (nSPS) is 20.2. The highest BCUT2D eigenvalue weighted by atomic mass is 79.9. The number of aliphatic hydroxyl groups excluding tert-OH is 1. The van der Waals surface area contributed by atoms with Gasteiger partial charge >= 0.3 is 5.29 Å². The summed E-state index contributed by atoms with van der Waals surface area (Å²) in [6.45, 7) is 1.02. The monoisotopic (exact) mass is 431 g/mol. The van der Waals surface area contributed by atoms with E-state index < -0.39 is 28.5 Å². The Bertz CT molecular complexity index is 912. The van der Waals surface area contributed by atoms with Crippen LogP contribution in [0.15, 0.2) is 57.3 Å². The van der Waals surface area contributed by atoms with Crippen molar-refractivity contribution in [3.8, 4) is 0 Å². The molecule has 0 radical (unpaired) electrons. The first-order valence-corrected chi connectivity index (χ1v) is 8.36. The van der Waals surface area contributed by atoms with Gasteiger partial charge in [-0.1, -0.05) is 6.07 Å². The number of para-hydroxylation sites is 1. The van der Waals surface area contributed by atoms with Crippen LogP contribution in [0.25, 0.3) is 0 Å². The van der Waals surface area contributed by atoms with Crippen molar-refractivity contribution in [1.82, 2.24) is 4.48 Å². The molecule has 0 bridgehead atoms. The molecule has 2 aromatic carbocycles. The zero-order valence-corrected chi connectivity index (χ0v) is 15.2. The number of amidine groups is 1. The van der Waals surface area contributed by atoms with Crippen molar-refractivity contribution >= 4 is 44.2 Å². The predicted molar refractivity (Wildman–Crippen MR) is 95.0 cm³/mol. The third kappa shape index (κ3) is 2.62. The minimum Gasteiger partial charge on any atom is -0.386 e. The number of aliphatic imine (C=N–C) groups is 1. The minimum atomic E-state index is -0.941. The molecule has 1 heterocycles. The molecule has 0 aromatic heterocycles. The van der Waals surface area contributed by atoms with Gasteiger partial charge in [0.25, 0.3) is 0 Å². The lowest BCUT2D eigenvalue weighted by molar-refractivity contribution is 0.308. The maximum atomic E-state index is 14.8. The van der Waals surface area contributed by atoms with Crippen LogP contribution < -0.4 is 4.48 Å². The molecule has 0 saturated heterocycles. The largest absolute Gasteiger partial charge is 0.386 e. The number of allylic oxidation sites excluding steroid dienone is 1. The second-order valence-electron chi connectivity index (χ2n) is 5.41. The lowest BCUT2D eigenvalue weighted by atomic mass is 10.1. The second-order valence-corrected chi connectivity index (χ2v) is 6.60. The molecule has 1 atom stereocenters. The number of hydrogen-bond acceptors (Lipinski definition) is 2. The maximum Gasteiger partial charge on any atom is 0.315 e. The third-order valence-electron chi connectivity index (χ3n) is 4.05. The summed E-state index contributed by atoms with van der Waals surface area (Å²) < 4.78 is 42.4. The van der Waals surface area contributed by atoms with Gasteiger partial charge in [0, 0.05) is 23.7 Å². The average Bonchev–Trinajstić information content (AvgIpc) is 2.78. The van der Waals surface area contributed by atoms with Crippen molar-refractivity contribution in [2.75, 3.05) is 6.61 Å². The summed E-state index contributed by atoms with van der Waals surface area (Å²) >= 11 is 9.61. The highest BCUT2D eigenvalue weighted by Crippen LogP contribution is 2.50. The van der Waals surface area contributed by atoms with Gasteiger partial charge in [-0.3, -0.25) is 0 Å². The van der Waals surface area contributed by atoms with Crippen LogP contribution in [0.1, 0.15) is 6.92 Å². The lowest BCUT2D eigenvalue weighted by Crippen LogP contribution is -2.47. The first-order chi connectivity index (χ1) is 11.8. The van der Waals surface area contributed by atoms with Gasteiger partial charge in [-0.25, -0.2) is 13.2 Å². The summed E-state index contributed by atoms with van der Waals surface area (Å²) in [7, 11) is 0. The Hall–Kier alpha value is -1.67. The van der Waals surface area contributed by atoms with Gasteiger partial charge in [0.15, 0.2) is 23.0 Å². The van der Waals surface area contributed by atoms with Crippen molar-refractivity contribution in [3.63, 3.8) is 0 Å². The van der Waals surface area contributed by atoms with Crippen LogP contribution in [0.5, 0.6) is 0 Å². The fraction of sp³-hybridized carbons (Fsp3) is 0.118. The molecule has 0 amide bonds. The molecule has 8 heteroatoms. The number of aliphatic hydroxyl groups is 1. The molecule has 1 aliphatic heterocycles. The highest BCUT2D eigenvalue weighted by Gasteiger charge is 2.52. The zero-order valence-electron chi connectivity index (χ0n) is 12.9. The van der Waals surface area contributed by atoms with E-state index in [2.05, 4.69) is 20.9 Å². The number of nitrogens with zero attached hydrogens (tertiary/aromatic N) is 2. The van der Waals surface area contributed by atoms with E-state index in [1.54, 1.807) is 13.0 Å². The van der Waals surface area contributed by atoms with Crippen LogP contribution >= 0.6 is 27.5 Å². The molecule has 2 aromatic rings. The van der Waals surface area contributed by atoms with Gasteiger partial charge in [0.1, 0.15) is 18.1 Å². The fourth-order valence-corrected chi connectivity index (χ4v) is 4.02. The Morgan fingerprint density at radius 2 is 1.88 bits per heavy atom. The Morgan fingerprint density at radius 1 is 1.16 bits per heavy atom. The summed E-state index contributed by atoms with van der Waals surface area (Å²) in [6, 6.07) is 7.10. The van der Waals surface area contributed by atoms with Crippen molar-refractivity contribution in [2.24, 2.45) is 4.99 Å². The average molecular weight is 433 g/mol. The number of rotatable bonds is 3. The minimum absolute atomic E-state index is 0.0531. The predicted octanol–water partition coefficient (Wildman–Crippen LogP) is 5.34. The first kappa shape index (κ1) is 18.1. The topological polar surface area (TPSA) is 32.6 Å². The van der Waals surface area contributed by atoms with Crippen molar-refractivity contribution in [1.29, 1.82) is 0 Å². The molecule has 1 N–H and O–H groups in total. The smallest absolute Gasteiger partial charge is 0.315 e. The van der Waals surface area contributed by atoms with E-state index in [1.165, 1.54) is 12.1 Å². The van der Waals surface area contributed by atoms with Gasteiger partial charge < -0.3 is 5.11 Å².